The number of benzene rings is 2. The van der Waals surface area contributed by atoms with Crippen LogP contribution in [0.4, 0.5) is 0 Å². The van der Waals surface area contributed by atoms with Gasteiger partial charge < -0.3 is 10.1 Å². The third kappa shape index (κ3) is 5.28. The van der Waals surface area contributed by atoms with E-state index in [0.29, 0.717) is 44.0 Å². The molecule has 162 valence electrons. The Labute approximate surface area is 179 Å². The smallest absolute Gasteiger partial charge is 0.251 e. The first kappa shape index (κ1) is 22.5. The van der Waals surface area contributed by atoms with E-state index in [1.165, 1.54) is 10.4 Å². The number of piperidine rings is 1. The van der Waals surface area contributed by atoms with Gasteiger partial charge in [-0.3, -0.25) is 4.79 Å². The van der Waals surface area contributed by atoms with E-state index in [4.69, 9.17) is 4.74 Å². The molecule has 1 aliphatic heterocycles. The van der Waals surface area contributed by atoms with E-state index in [0.717, 1.165) is 30.4 Å². The molecule has 1 aliphatic rings. The van der Waals surface area contributed by atoms with Crippen molar-refractivity contribution in [3.63, 3.8) is 0 Å². The van der Waals surface area contributed by atoms with Crippen LogP contribution in [0.1, 0.15) is 53.2 Å². The van der Waals surface area contributed by atoms with Crippen molar-refractivity contribution in [2.24, 2.45) is 0 Å². The second-order valence-corrected chi connectivity index (χ2v) is 9.44. The minimum absolute atomic E-state index is 0.216. The van der Waals surface area contributed by atoms with Gasteiger partial charge in [0.25, 0.3) is 5.91 Å². The number of carbonyl (C=O) groups is 1. The highest BCUT2D eigenvalue weighted by molar-refractivity contribution is 7.89. The molecule has 0 aliphatic carbocycles. The standard InChI is InChI=1S/C23H30N2O4S/c1-3-29-17-21-10-6-5-9-20(21)16-24-23(26)19-12-11-18(2)22(15-19)30(27,28)25-13-7-4-8-14-25/h5-6,9-12,15H,3-4,7-8,13-14,16-17H2,1-2H3,(H,24,26). The first-order valence-corrected chi connectivity index (χ1v) is 11.9. The lowest BCUT2D eigenvalue weighted by Crippen LogP contribution is -2.36. The van der Waals surface area contributed by atoms with Crippen LogP contribution in [-0.2, 0) is 27.9 Å². The number of hydrogen-bond acceptors (Lipinski definition) is 4. The Balaban J connectivity index is 1.75. The lowest BCUT2D eigenvalue weighted by molar-refractivity contribution is 0.0949. The van der Waals surface area contributed by atoms with E-state index in [2.05, 4.69) is 5.32 Å². The topological polar surface area (TPSA) is 75.7 Å². The zero-order chi connectivity index (χ0) is 21.6. The summed E-state index contributed by atoms with van der Waals surface area (Å²) in [5.41, 5.74) is 3.00. The fourth-order valence-electron chi connectivity index (χ4n) is 3.62. The summed E-state index contributed by atoms with van der Waals surface area (Å²) >= 11 is 0. The molecule has 1 N–H and O–H groups in total. The molecule has 0 saturated carbocycles. The molecule has 3 rings (SSSR count). The zero-order valence-electron chi connectivity index (χ0n) is 17.7. The van der Waals surface area contributed by atoms with Crippen LogP contribution in [0.3, 0.4) is 0 Å². The molecule has 6 nitrogen and oxygen atoms in total. The molecular weight excluding hydrogens is 400 g/mol. The largest absolute Gasteiger partial charge is 0.377 e. The number of hydrogen-bond donors (Lipinski definition) is 1. The summed E-state index contributed by atoms with van der Waals surface area (Å²) < 4.78 is 33.2. The molecule has 1 heterocycles. The van der Waals surface area contributed by atoms with Crippen LogP contribution in [0.5, 0.6) is 0 Å². The summed E-state index contributed by atoms with van der Waals surface area (Å²) in [6.45, 7) is 6.25. The van der Waals surface area contributed by atoms with Crippen molar-refractivity contribution < 1.29 is 17.9 Å². The van der Waals surface area contributed by atoms with Gasteiger partial charge in [0.15, 0.2) is 0 Å². The highest BCUT2D eigenvalue weighted by Crippen LogP contribution is 2.24. The summed E-state index contributed by atoms with van der Waals surface area (Å²) in [7, 11) is -3.60. The Morgan fingerprint density at radius 2 is 1.77 bits per heavy atom. The zero-order valence-corrected chi connectivity index (χ0v) is 18.5. The van der Waals surface area contributed by atoms with Gasteiger partial charge in [-0.25, -0.2) is 8.42 Å². The summed E-state index contributed by atoms with van der Waals surface area (Å²) in [5, 5.41) is 2.91. The fraction of sp³-hybridized carbons (Fsp3) is 0.435. The predicted octanol–water partition coefficient (Wildman–Crippen LogP) is 3.64. The van der Waals surface area contributed by atoms with Gasteiger partial charge in [0.2, 0.25) is 10.0 Å². The average Bonchev–Trinajstić information content (AvgIpc) is 2.77. The number of nitrogens with zero attached hydrogens (tertiary/aromatic N) is 1. The minimum Gasteiger partial charge on any atom is -0.377 e. The molecule has 1 amide bonds. The molecule has 0 aromatic heterocycles. The molecule has 2 aromatic carbocycles. The second-order valence-electron chi connectivity index (χ2n) is 7.53. The second kappa shape index (κ2) is 10.2. The predicted molar refractivity (Wildman–Crippen MR) is 117 cm³/mol. The third-order valence-corrected chi connectivity index (χ3v) is 7.44. The molecule has 0 atom stereocenters. The highest BCUT2D eigenvalue weighted by atomic mass is 32.2. The number of sulfonamides is 1. The Bertz CT molecular complexity index is 982. The first-order chi connectivity index (χ1) is 14.4. The number of amides is 1. The maximum Gasteiger partial charge on any atom is 0.251 e. The average molecular weight is 431 g/mol. The lowest BCUT2D eigenvalue weighted by atomic mass is 10.1. The molecular formula is C23H30N2O4S. The van der Waals surface area contributed by atoms with E-state index < -0.39 is 10.0 Å². The Kier molecular flexibility index (Phi) is 7.64. The van der Waals surface area contributed by atoms with Crippen molar-refractivity contribution in [1.29, 1.82) is 0 Å². The lowest BCUT2D eigenvalue weighted by Gasteiger charge is -2.26. The van der Waals surface area contributed by atoms with E-state index >= 15 is 0 Å². The monoisotopic (exact) mass is 430 g/mol. The van der Waals surface area contributed by atoms with Crippen molar-refractivity contribution in [3.8, 4) is 0 Å². The van der Waals surface area contributed by atoms with Gasteiger partial charge in [-0.05, 0) is 55.5 Å². The van der Waals surface area contributed by atoms with E-state index in [-0.39, 0.29) is 10.8 Å². The molecule has 1 fully saturated rings. The van der Waals surface area contributed by atoms with Crippen molar-refractivity contribution in [2.75, 3.05) is 19.7 Å². The van der Waals surface area contributed by atoms with Crippen molar-refractivity contribution in [3.05, 3.63) is 64.7 Å². The normalized spacial score (nSPS) is 15.1. The van der Waals surface area contributed by atoms with Crippen LogP contribution in [-0.4, -0.2) is 38.3 Å². The fourth-order valence-corrected chi connectivity index (χ4v) is 5.39. The molecule has 30 heavy (non-hydrogen) atoms. The van der Waals surface area contributed by atoms with Crippen LogP contribution in [0.15, 0.2) is 47.4 Å². The van der Waals surface area contributed by atoms with Gasteiger partial charge in [-0.15, -0.1) is 0 Å². The SMILES string of the molecule is CCOCc1ccccc1CNC(=O)c1ccc(C)c(S(=O)(=O)N2CCCCC2)c1. The molecule has 0 spiro atoms. The molecule has 7 heteroatoms. The summed E-state index contributed by atoms with van der Waals surface area (Å²) in [6, 6.07) is 12.7. The van der Waals surface area contributed by atoms with Crippen LogP contribution in [0, 0.1) is 6.92 Å². The first-order valence-electron chi connectivity index (χ1n) is 10.5. The number of carbonyl (C=O) groups excluding carboxylic acids is 1. The molecule has 0 unspecified atom stereocenters. The summed E-state index contributed by atoms with van der Waals surface area (Å²) in [5.74, 6) is -0.295. The van der Waals surface area contributed by atoms with Crippen molar-refractivity contribution in [1.82, 2.24) is 9.62 Å². The van der Waals surface area contributed by atoms with Crippen LogP contribution < -0.4 is 5.32 Å². The van der Waals surface area contributed by atoms with Gasteiger partial charge in [-0.1, -0.05) is 36.8 Å². The Morgan fingerprint density at radius 1 is 1.07 bits per heavy atom. The summed E-state index contributed by atoms with van der Waals surface area (Å²) in [4.78, 5) is 13.0. The van der Waals surface area contributed by atoms with E-state index in [9.17, 15) is 13.2 Å². The van der Waals surface area contributed by atoms with Gasteiger partial charge >= 0.3 is 0 Å². The molecule has 0 bridgehead atoms. The minimum atomic E-state index is -3.60. The van der Waals surface area contributed by atoms with Gasteiger partial charge in [0, 0.05) is 31.8 Å². The Hall–Kier alpha value is -2.22. The van der Waals surface area contributed by atoms with Gasteiger partial charge in [-0.2, -0.15) is 4.31 Å². The van der Waals surface area contributed by atoms with Crippen LogP contribution >= 0.6 is 0 Å². The maximum atomic E-state index is 13.1. The molecule has 2 aromatic rings. The van der Waals surface area contributed by atoms with E-state index in [1.54, 1.807) is 19.1 Å². The summed E-state index contributed by atoms with van der Waals surface area (Å²) in [6.07, 6.45) is 2.80. The number of aryl methyl sites for hydroxylation is 1. The third-order valence-electron chi connectivity index (χ3n) is 5.40. The van der Waals surface area contributed by atoms with Crippen LogP contribution in [0.2, 0.25) is 0 Å². The number of ether oxygens (including phenoxy) is 1. The van der Waals surface area contributed by atoms with E-state index in [1.807, 2.05) is 31.2 Å². The Morgan fingerprint density at radius 3 is 2.47 bits per heavy atom. The van der Waals surface area contributed by atoms with Crippen LogP contribution in [0.25, 0.3) is 0 Å². The van der Waals surface area contributed by atoms with Crippen molar-refractivity contribution >= 4 is 15.9 Å². The molecule has 1 saturated heterocycles. The van der Waals surface area contributed by atoms with Gasteiger partial charge in [0.05, 0.1) is 11.5 Å². The molecule has 0 radical (unpaired) electrons. The number of rotatable bonds is 8. The maximum absolute atomic E-state index is 13.1. The number of nitrogens with one attached hydrogen (secondary N) is 1. The van der Waals surface area contributed by atoms with Crippen molar-refractivity contribution in [2.45, 2.75) is 51.2 Å². The quantitative estimate of drug-likeness (QED) is 0.694. The van der Waals surface area contributed by atoms with Gasteiger partial charge in [0.1, 0.15) is 0 Å². The highest BCUT2D eigenvalue weighted by Gasteiger charge is 2.28.